The smallest absolute Gasteiger partial charge is 0.239 e. The summed E-state index contributed by atoms with van der Waals surface area (Å²) in [5, 5.41) is 9.53. The summed E-state index contributed by atoms with van der Waals surface area (Å²) in [6.07, 6.45) is 1.58. The molecule has 0 saturated carbocycles. The minimum absolute atomic E-state index is 0.0926. The van der Waals surface area contributed by atoms with Gasteiger partial charge in [-0.1, -0.05) is 0 Å². The Bertz CT molecular complexity index is 306. The Balaban J connectivity index is 1.91. The third kappa shape index (κ3) is 3.68. The molecule has 0 aliphatic carbocycles. The second kappa shape index (κ2) is 6.20. The van der Waals surface area contributed by atoms with Gasteiger partial charge in [0.1, 0.15) is 0 Å². The average molecular weight is 270 g/mol. The van der Waals surface area contributed by atoms with Gasteiger partial charge in [0, 0.05) is 26.2 Å². The fourth-order valence-electron chi connectivity index (χ4n) is 3.05. The zero-order valence-corrected chi connectivity index (χ0v) is 12.2. The Morgan fingerprint density at radius 3 is 2.26 bits per heavy atom. The maximum Gasteiger partial charge on any atom is 0.239 e. The number of hydrogen-bond donors (Lipinski definition) is 1. The molecule has 0 spiro atoms. The molecule has 1 N–H and O–H groups in total. The van der Waals surface area contributed by atoms with Crippen LogP contribution >= 0.6 is 0 Å². The Morgan fingerprint density at radius 1 is 1.21 bits per heavy atom. The Labute approximate surface area is 115 Å². The molecular weight excluding hydrogens is 244 g/mol. The van der Waals surface area contributed by atoms with Gasteiger partial charge in [0.05, 0.1) is 24.4 Å². The molecule has 0 aromatic rings. The summed E-state index contributed by atoms with van der Waals surface area (Å²) in [5.41, 5.74) is 0. The molecular formula is C14H26N2O3. The van der Waals surface area contributed by atoms with Crippen LogP contribution in [0.3, 0.4) is 0 Å². The number of aliphatic hydroxyl groups excluding tert-OH is 1. The van der Waals surface area contributed by atoms with Gasteiger partial charge < -0.3 is 14.7 Å². The van der Waals surface area contributed by atoms with Crippen LogP contribution in [0, 0.1) is 0 Å². The maximum absolute atomic E-state index is 12.5. The van der Waals surface area contributed by atoms with Crippen molar-refractivity contribution >= 4 is 5.91 Å². The van der Waals surface area contributed by atoms with Crippen LogP contribution in [0.15, 0.2) is 0 Å². The molecule has 19 heavy (non-hydrogen) atoms. The fraction of sp³-hybridized carbons (Fsp3) is 0.929. The van der Waals surface area contributed by atoms with Crippen molar-refractivity contribution in [2.75, 3.05) is 26.2 Å². The summed E-state index contributed by atoms with van der Waals surface area (Å²) in [5.74, 6) is 0.193. The summed E-state index contributed by atoms with van der Waals surface area (Å²) >= 11 is 0. The summed E-state index contributed by atoms with van der Waals surface area (Å²) in [4.78, 5) is 16.6. The molecule has 2 rings (SSSR count). The summed E-state index contributed by atoms with van der Waals surface area (Å²) in [6, 6.07) is -0.0926. The number of carbonyl (C=O) groups is 1. The van der Waals surface area contributed by atoms with Gasteiger partial charge in [-0.3, -0.25) is 9.69 Å². The Hall–Kier alpha value is -0.650. The quantitative estimate of drug-likeness (QED) is 0.792. The number of rotatable bonds is 2. The zero-order valence-electron chi connectivity index (χ0n) is 12.2. The minimum Gasteiger partial charge on any atom is -0.393 e. The molecule has 2 aliphatic heterocycles. The number of carbonyl (C=O) groups excluding carboxylic acids is 1. The highest BCUT2D eigenvalue weighted by atomic mass is 16.5. The van der Waals surface area contributed by atoms with E-state index in [0.29, 0.717) is 13.1 Å². The van der Waals surface area contributed by atoms with E-state index in [4.69, 9.17) is 4.74 Å². The maximum atomic E-state index is 12.5. The largest absolute Gasteiger partial charge is 0.393 e. The van der Waals surface area contributed by atoms with E-state index in [0.717, 1.165) is 25.9 Å². The first-order valence-corrected chi connectivity index (χ1v) is 7.33. The molecule has 5 heteroatoms. The highest BCUT2D eigenvalue weighted by molar-refractivity contribution is 5.81. The summed E-state index contributed by atoms with van der Waals surface area (Å²) in [7, 11) is 0. The molecule has 110 valence electrons. The molecule has 2 saturated heterocycles. The van der Waals surface area contributed by atoms with Gasteiger partial charge in [-0.2, -0.15) is 0 Å². The van der Waals surface area contributed by atoms with E-state index >= 15 is 0 Å². The minimum atomic E-state index is -0.193. The van der Waals surface area contributed by atoms with E-state index < -0.39 is 0 Å². The molecule has 1 amide bonds. The van der Waals surface area contributed by atoms with Gasteiger partial charge in [0.2, 0.25) is 5.91 Å². The lowest BCUT2D eigenvalue weighted by Crippen LogP contribution is -2.55. The van der Waals surface area contributed by atoms with Crippen LogP contribution < -0.4 is 0 Å². The van der Waals surface area contributed by atoms with Crippen molar-refractivity contribution in [3.05, 3.63) is 0 Å². The number of aliphatic hydroxyl groups is 1. The predicted octanol–water partition coefficient (Wildman–Crippen LogP) is 0.467. The van der Waals surface area contributed by atoms with Crippen molar-refractivity contribution < 1.29 is 14.6 Å². The van der Waals surface area contributed by atoms with Crippen molar-refractivity contribution in [1.82, 2.24) is 9.80 Å². The third-order valence-corrected chi connectivity index (χ3v) is 4.14. The molecule has 5 nitrogen and oxygen atoms in total. The number of nitrogens with zero attached hydrogens (tertiary/aromatic N) is 2. The molecule has 2 aliphatic rings. The summed E-state index contributed by atoms with van der Waals surface area (Å²) in [6.45, 7) is 8.99. The highest BCUT2D eigenvalue weighted by Gasteiger charge is 2.32. The topological polar surface area (TPSA) is 53.0 Å². The van der Waals surface area contributed by atoms with E-state index in [1.165, 1.54) is 0 Å². The van der Waals surface area contributed by atoms with Crippen LogP contribution in [0.25, 0.3) is 0 Å². The van der Waals surface area contributed by atoms with E-state index in [9.17, 15) is 9.90 Å². The second-order valence-corrected chi connectivity index (χ2v) is 5.94. The van der Waals surface area contributed by atoms with E-state index in [2.05, 4.69) is 4.90 Å². The van der Waals surface area contributed by atoms with Crippen molar-refractivity contribution in [2.24, 2.45) is 0 Å². The standard InChI is InChI=1S/C14H26N2O3/c1-10-8-16(9-11(2)19-10)14(18)12(3)15-6-4-13(17)5-7-15/h10-13,17H,4-9H2,1-3H3. The number of piperidine rings is 1. The Kier molecular flexibility index (Phi) is 4.81. The van der Waals surface area contributed by atoms with Crippen LogP contribution in [0.1, 0.15) is 33.6 Å². The first-order valence-electron chi connectivity index (χ1n) is 7.33. The fourth-order valence-corrected chi connectivity index (χ4v) is 3.05. The zero-order chi connectivity index (χ0) is 14.0. The first-order chi connectivity index (χ1) is 8.97. The number of hydrogen-bond acceptors (Lipinski definition) is 4. The number of amides is 1. The van der Waals surface area contributed by atoms with Gasteiger partial charge in [-0.15, -0.1) is 0 Å². The molecule has 0 radical (unpaired) electrons. The average Bonchev–Trinajstić information content (AvgIpc) is 2.37. The van der Waals surface area contributed by atoms with E-state index in [-0.39, 0.29) is 30.3 Å². The normalized spacial score (nSPS) is 32.3. The second-order valence-electron chi connectivity index (χ2n) is 5.94. The lowest BCUT2D eigenvalue weighted by Gasteiger charge is -2.40. The van der Waals surface area contributed by atoms with Crippen molar-refractivity contribution in [3.63, 3.8) is 0 Å². The van der Waals surface area contributed by atoms with Crippen LogP contribution in [-0.2, 0) is 9.53 Å². The predicted molar refractivity (Wildman–Crippen MR) is 72.9 cm³/mol. The summed E-state index contributed by atoms with van der Waals surface area (Å²) < 4.78 is 5.67. The molecule has 0 aromatic heterocycles. The third-order valence-electron chi connectivity index (χ3n) is 4.14. The van der Waals surface area contributed by atoms with Gasteiger partial charge >= 0.3 is 0 Å². The van der Waals surface area contributed by atoms with Crippen molar-refractivity contribution in [2.45, 2.75) is 58.0 Å². The van der Waals surface area contributed by atoms with Gasteiger partial charge in [0.25, 0.3) is 0 Å². The lowest BCUT2D eigenvalue weighted by atomic mass is 10.1. The molecule has 0 aromatic carbocycles. The van der Waals surface area contributed by atoms with Crippen LogP contribution in [0.2, 0.25) is 0 Å². The van der Waals surface area contributed by atoms with Gasteiger partial charge in [-0.05, 0) is 33.6 Å². The number of morpholine rings is 1. The van der Waals surface area contributed by atoms with Crippen LogP contribution in [0.5, 0.6) is 0 Å². The van der Waals surface area contributed by atoms with E-state index in [1.54, 1.807) is 0 Å². The molecule has 2 heterocycles. The Morgan fingerprint density at radius 2 is 1.74 bits per heavy atom. The molecule has 2 fully saturated rings. The monoisotopic (exact) mass is 270 g/mol. The van der Waals surface area contributed by atoms with Crippen molar-refractivity contribution in [3.8, 4) is 0 Å². The van der Waals surface area contributed by atoms with E-state index in [1.807, 2.05) is 25.7 Å². The number of likely N-dealkylation sites (tertiary alicyclic amines) is 1. The molecule has 0 bridgehead atoms. The molecule has 3 atom stereocenters. The molecule has 3 unspecified atom stereocenters. The van der Waals surface area contributed by atoms with Gasteiger partial charge in [-0.25, -0.2) is 0 Å². The lowest BCUT2D eigenvalue weighted by molar-refractivity contribution is -0.149. The first kappa shape index (κ1) is 14.8. The number of ether oxygens (including phenoxy) is 1. The highest BCUT2D eigenvalue weighted by Crippen LogP contribution is 2.17. The van der Waals surface area contributed by atoms with Crippen LogP contribution in [0.4, 0.5) is 0 Å². The van der Waals surface area contributed by atoms with Crippen molar-refractivity contribution in [1.29, 1.82) is 0 Å². The van der Waals surface area contributed by atoms with Crippen LogP contribution in [-0.4, -0.2) is 71.3 Å². The SMILES string of the molecule is CC1CN(C(=O)C(C)N2CCC(O)CC2)CC(C)O1. The van der Waals surface area contributed by atoms with Gasteiger partial charge in [0.15, 0.2) is 0 Å².